The zero-order chi connectivity index (χ0) is 20.1. The number of hydrogen-bond donors (Lipinski definition) is 1. The summed E-state index contributed by atoms with van der Waals surface area (Å²) in [5.74, 6) is 3.11. The third-order valence-corrected chi connectivity index (χ3v) is 7.78. The van der Waals surface area contributed by atoms with Crippen LogP contribution in [0.2, 0.25) is 0 Å². The van der Waals surface area contributed by atoms with Crippen LogP contribution in [-0.4, -0.2) is 37.0 Å². The van der Waals surface area contributed by atoms with Crippen LogP contribution in [0, 0.1) is 6.92 Å². The van der Waals surface area contributed by atoms with E-state index in [2.05, 4.69) is 77.1 Å². The number of fused-ring (bicyclic) bond motifs is 1. The van der Waals surface area contributed by atoms with E-state index < -0.39 is 0 Å². The molecule has 1 unspecified atom stereocenters. The molecule has 29 heavy (non-hydrogen) atoms. The quantitative estimate of drug-likeness (QED) is 0.700. The van der Waals surface area contributed by atoms with Crippen molar-refractivity contribution in [3.05, 3.63) is 71.3 Å². The third-order valence-electron chi connectivity index (χ3n) is 6.43. The van der Waals surface area contributed by atoms with E-state index in [1.165, 1.54) is 22.3 Å². The van der Waals surface area contributed by atoms with Crippen molar-refractivity contribution < 1.29 is 5.11 Å². The summed E-state index contributed by atoms with van der Waals surface area (Å²) in [4.78, 5) is 0. The number of hydrogen-bond acceptors (Lipinski definition) is 4. The Balaban J connectivity index is 1.47. The van der Waals surface area contributed by atoms with E-state index in [4.69, 9.17) is 0 Å². The lowest BCUT2D eigenvalue weighted by atomic mass is 9.92. The first-order valence-corrected chi connectivity index (χ1v) is 11.4. The molecule has 0 saturated heterocycles. The van der Waals surface area contributed by atoms with Crippen molar-refractivity contribution in [2.75, 3.05) is 12.4 Å². The topological polar surface area (TPSA) is 50.9 Å². The minimum Gasteiger partial charge on any atom is -0.395 e. The summed E-state index contributed by atoms with van der Waals surface area (Å²) in [6.45, 7) is 5.35. The first kappa shape index (κ1) is 18.9. The van der Waals surface area contributed by atoms with E-state index in [1.807, 2.05) is 11.8 Å². The van der Waals surface area contributed by atoms with Gasteiger partial charge >= 0.3 is 0 Å². The molecule has 2 aromatic carbocycles. The van der Waals surface area contributed by atoms with Crippen LogP contribution in [0.15, 0.2) is 48.5 Å². The van der Waals surface area contributed by atoms with Crippen molar-refractivity contribution in [1.82, 2.24) is 14.8 Å². The first-order valence-electron chi connectivity index (χ1n) is 10.4. The summed E-state index contributed by atoms with van der Waals surface area (Å²) < 4.78 is 2.17. The average Bonchev–Trinajstić information content (AvgIpc) is 3.48. The molecule has 5 rings (SSSR count). The van der Waals surface area contributed by atoms with E-state index >= 15 is 0 Å². The van der Waals surface area contributed by atoms with Crippen LogP contribution in [0.3, 0.4) is 0 Å². The number of aliphatic hydroxyl groups is 1. The van der Waals surface area contributed by atoms with Crippen LogP contribution >= 0.6 is 11.8 Å². The molecule has 3 aromatic rings. The molecular formula is C24H27N3OS. The molecule has 1 saturated carbocycles. The number of benzene rings is 2. The van der Waals surface area contributed by atoms with Crippen LogP contribution in [0.4, 0.5) is 0 Å². The lowest BCUT2D eigenvalue weighted by molar-refractivity contribution is 0.254. The average molecular weight is 406 g/mol. The fourth-order valence-electron chi connectivity index (χ4n) is 4.50. The molecule has 150 valence electrons. The summed E-state index contributed by atoms with van der Waals surface area (Å²) >= 11 is 1.85. The zero-order valence-electron chi connectivity index (χ0n) is 17.1. The summed E-state index contributed by atoms with van der Waals surface area (Å²) in [7, 11) is 0. The van der Waals surface area contributed by atoms with Gasteiger partial charge in [-0.15, -0.1) is 10.2 Å². The van der Waals surface area contributed by atoms with Gasteiger partial charge in [0.05, 0.1) is 12.0 Å². The molecule has 1 N–H and O–H groups in total. The van der Waals surface area contributed by atoms with E-state index in [9.17, 15) is 5.11 Å². The Morgan fingerprint density at radius 1 is 1.07 bits per heavy atom. The Kier molecular flexibility index (Phi) is 4.56. The van der Waals surface area contributed by atoms with Crippen LogP contribution in [0.25, 0.3) is 11.1 Å². The lowest BCUT2D eigenvalue weighted by Crippen LogP contribution is -2.28. The van der Waals surface area contributed by atoms with Crippen LogP contribution in [-0.2, 0) is 18.4 Å². The summed E-state index contributed by atoms with van der Waals surface area (Å²) in [6, 6.07) is 17.7. The van der Waals surface area contributed by atoms with Gasteiger partial charge in [-0.05, 0) is 43.4 Å². The molecule has 2 heterocycles. The van der Waals surface area contributed by atoms with Gasteiger partial charge in [0.25, 0.3) is 0 Å². The second kappa shape index (κ2) is 6.99. The fourth-order valence-corrected chi connectivity index (χ4v) is 5.59. The van der Waals surface area contributed by atoms with Gasteiger partial charge in [0.15, 0.2) is 0 Å². The smallest absolute Gasteiger partial charge is 0.143 e. The zero-order valence-corrected chi connectivity index (χ0v) is 17.9. The van der Waals surface area contributed by atoms with Gasteiger partial charge in [-0.2, -0.15) is 11.8 Å². The second-order valence-corrected chi connectivity index (χ2v) is 10.4. The normalized spacial score (nSPS) is 22.7. The van der Waals surface area contributed by atoms with Gasteiger partial charge in [-0.3, -0.25) is 0 Å². The van der Waals surface area contributed by atoms with Crippen molar-refractivity contribution in [2.45, 2.75) is 49.8 Å². The van der Waals surface area contributed by atoms with E-state index in [-0.39, 0.29) is 16.8 Å². The van der Waals surface area contributed by atoms with Crippen molar-refractivity contribution in [3.63, 3.8) is 0 Å². The summed E-state index contributed by atoms with van der Waals surface area (Å²) in [5.41, 5.74) is 5.14. The van der Waals surface area contributed by atoms with E-state index in [0.29, 0.717) is 0 Å². The molecule has 0 amide bonds. The predicted molar refractivity (Wildman–Crippen MR) is 118 cm³/mol. The minimum atomic E-state index is -0.162. The lowest BCUT2D eigenvalue weighted by Gasteiger charge is -2.23. The van der Waals surface area contributed by atoms with Crippen LogP contribution in [0.5, 0.6) is 0 Å². The molecular weight excluding hydrogens is 378 g/mol. The fraction of sp³-hybridized carbons (Fsp3) is 0.417. The van der Waals surface area contributed by atoms with E-state index in [0.717, 1.165) is 43.2 Å². The molecule has 1 fully saturated rings. The molecule has 1 aliphatic heterocycles. The molecule has 1 aromatic heterocycles. The van der Waals surface area contributed by atoms with Crippen LogP contribution < -0.4 is 0 Å². The highest BCUT2D eigenvalue weighted by atomic mass is 32.2. The number of rotatable bonds is 4. The largest absolute Gasteiger partial charge is 0.395 e. The number of aromatic nitrogens is 3. The van der Waals surface area contributed by atoms with Crippen LogP contribution in [0.1, 0.15) is 42.5 Å². The maximum Gasteiger partial charge on any atom is 0.143 e. The molecule has 0 radical (unpaired) electrons. The molecule has 4 nitrogen and oxygen atoms in total. The Labute approximate surface area is 176 Å². The summed E-state index contributed by atoms with van der Waals surface area (Å²) in [6.07, 6.45) is 3.02. The van der Waals surface area contributed by atoms with Gasteiger partial charge in [0, 0.05) is 23.5 Å². The Bertz CT molecular complexity index is 1040. The monoisotopic (exact) mass is 405 g/mol. The molecule has 1 atom stereocenters. The summed E-state index contributed by atoms with van der Waals surface area (Å²) in [5, 5.41) is 19.0. The number of aliphatic hydroxyl groups excluding tert-OH is 1. The Morgan fingerprint density at radius 2 is 1.86 bits per heavy atom. The van der Waals surface area contributed by atoms with Crippen molar-refractivity contribution >= 4 is 11.8 Å². The highest BCUT2D eigenvalue weighted by molar-refractivity contribution is 8.00. The molecule has 1 aliphatic carbocycles. The Hall–Kier alpha value is -2.11. The Morgan fingerprint density at radius 3 is 2.55 bits per heavy atom. The predicted octanol–water partition coefficient (Wildman–Crippen LogP) is 4.37. The van der Waals surface area contributed by atoms with Crippen molar-refractivity contribution in [2.24, 2.45) is 0 Å². The molecule has 2 aliphatic rings. The van der Waals surface area contributed by atoms with Gasteiger partial charge in [0.1, 0.15) is 11.6 Å². The maximum atomic E-state index is 9.82. The highest BCUT2D eigenvalue weighted by Crippen LogP contribution is 2.53. The van der Waals surface area contributed by atoms with E-state index in [1.54, 1.807) is 0 Å². The maximum absolute atomic E-state index is 9.82. The highest BCUT2D eigenvalue weighted by Gasteiger charge is 2.50. The van der Waals surface area contributed by atoms with Gasteiger partial charge in [-0.25, -0.2) is 0 Å². The number of thioether (sulfide) groups is 1. The van der Waals surface area contributed by atoms with Gasteiger partial charge in [0.2, 0.25) is 0 Å². The first-order chi connectivity index (χ1) is 14.0. The number of aryl methyl sites for hydroxylation is 1. The third kappa shape index (κ3) is 3.30. The molecule has 0 spiro atoms. The number of nitrogens with zero attached hydrogens (tertiary/aromatic N) is 3. The van der Waals surface area contributed by atoms with Gasteiger partial charge in [-0.1, -0.05) is 54.1 Å². The molecule has 0 bridgehead atoms. The van der Waals surface area contributed by atoms with Gasteiger partial charge < -0.3 is 9.67 Å². The molecule has 5 heteroatoms. The SMILES string of the molecule is Cc1cccc(-c2ccc(C3(c4nnc5n4CCSC(C)(CO)C5)CC3)cc2)c1. The minimum absolute atomic E-state index is 0.000999. The second-order valence-electron chi connectivity index (χ2n) is 8.75. The standard InChI is InChI=1S/C24H27N3OS/c1-17-4-3-5-19(14-17)18-6-8-20(9-7-18)24(10-11-24)22-26-25-21-15-23(2,16-28)29-13-12-27(21)22/h3-9,14,28H,10-13,15-16H2,1-2H3. The van der Waals surface area contributed by atoms with Crippen molar-refractivity contribution in [1.29, 1.82) is 0 Å². The van der Waals surface area contributed by atoms with Crippen molar-refractivity contribution in [3.8, 4) is 11.1 Å².